The zero-order valence-corrected chi connectivity index (χ0v) is 6.28. The van der Waals surface area contributed by atoms with E-state index in [0.29, 0.717) is 0 Å². The van der Waals surface area contributed by atoms with E-state index in [0.717, 1.165) is 24.3 Å². The molecular formula is C6H13NOS. The van der Waals surface area contributed by atoms with E-state index in [-0.39, 0.29) is 12.1 Å². The first-order valence-corrected chi connectivity index (χ1v) is 4.40. The van der Waals surface area contributed by atoms with Crippen LogP contribution >= 0.6 is 11.8 Å². The molecule has 54 valence electrons. The van der Waals surface area contributed by atoms with Gasteiger partial charge in [0.1, 0.15) is 0 Å². The summed E-state index contributed by atoms with van der Waals surface area (Å²) in [5.74, 6) is 2.18. The lowest BCUT2D eigenvalue weighted by atomic mass is 9.97. The van der Waals surface area contributed by atoms with Crippen molar-refractivity contribution in [1.82, 2.24) is 0 Å². The van der Waals surface area contributed by atoms with Crippen molar-refractivity contribution in [2.45, 2.75) is 18.4 Å². The fraction of sp³-hybridized carbons (Fsp3) is 1.00. The predicted molar refractivity (Wildman–Crippen MR) is 40.6 cm³/mol. The lowest BCUT2D eigenvalue weighted by Crippen LogP contribution is -2.40. The molecule has 0 radical (unpaired) electrons. The van der Waals surface area contributed by atoms with Crippen molar-refractivity contribution >= 4 is 11.8 Å². The van der Waals surface area contributed by atoms with Crippen molar-refractivity contribution in [3.63, 3.8) is 0 Å². The van der Waals surface area contributed by atoms with Crippen LogP contribution < -0.4 is 5.73 Å². The molecule has 0 aromatic rings. The van der Waals surface area contributed by atoms with Crippen molar-refractivity contribution in [1.29, 1.82) is 0 Å². The molecule has 3 heteroatoms. The van der Waals surface area contributed by atoms with Crippen LogP contribution in [-0.4, -0.2) is 28.8 Å². The quantitative estimate of drug-likeness (QED) is 0.586. The molecule has 9 heavy (non-hydrogen) atoms. The standard InChI is InChI=1S/C6H13NOS/c7-6(1-3-8)2-4-9-5-6/h8H,1-5,7H2. The maximum atomic E-state index is 8.60. The smallest absolute Gasteiger partial charge is 0.0448 e. The number of rotatable bonds is 2. The third kappa shape index (κ3) is 1.85. The maximum Gasteiger partial charge on any atom is 0.0448 e. The molecule has 1 heterocycles. The molecule has 1 aliphatic rings. The summed E-state index contributed by atoms with van der Waals surface area (Å²) >= 11 is 1.88. The normalized spacial score (nSPS) is 35.3. The summed E-state index contributed by atoms with van der Waals surface area (Å²) in [6.07, 6.45) is 1.83. The molecule has 0 amide bonds. The Morgan fingerprint density at radius 1 is 1.67 bits per heavy atom. The zero-order chi connectivity index (χ0) is 6.74. The minimum absolute atomic E-state index is 0.0422. The second-order valence-electron chi connectivity index (χ2n) is 2.64. The zero-order valence-electron chi connectivity index (χ0n) is 5.47. The van der Waals surface area contributed by atoms with E-state index in [9.17, 15) is 0 Å². The maximum absolute atomic E-state index is 8.60. The average Bonchev–Trinajstić information content (AvgIpc) is 2.16. The number of hydrogen-bond donors (Lipinski definition) is 2. The molecule has 1 atom stereocenters. The number of aliphatic hydroxyl groups excluding tert-OH is 1. The van der Waals surface area contributed by atoms with E-state index in [4.69, 9.17) is 10.8 Å². The van der Waals surface area contributed by atoms with Gasteiger partial charge in [0.25, 0.3) is 0 Å². The van der Waals surface area contributed by atoms with Gasteiger partial charge in [-0.15, -0.1) is 0 Å². The van der Waals surface area contributed by atoms with Gasteiger partial charge in [-0.25, -0.2) is 0 Å². The fourth-order valence-electron chi connectivity index (χ4n) is 1.04. The molecule has 0 saturated carbocycles. The molecule has 1 aliphatic heterocycles. The Balaban J connectivity index is 2.32. The van der Waals surface area contributed by atoms with Crippen LogP contribution in [0.4, 0.5) is 0 Å². The van der Waals surface area contributed by atoms with Crippen molar-refractivity contribution in [3.8, 4) is 0 Å². The first-order valence-electron chi connectivity index (χ1n) is 3.24. The van der Waals surface area contributed by atoms with Gasteiger partial charge < -0.3 is 10.8 Å². The molecule has 1 rings (SSSR count). The van der Waals surface area contributed by atoms with Crippen LogP contribution in [0.5, 0.6) is 0 Å². The Morgan fingerprint density at radius 2 is 2.44 bits per heavy atom. The van der Waals surface area contributed by atoms with Gasteiger partial charge in [0.15, 0.2) is 0 Å². The highest BCUT2D eigenvalue weighted by molar-refractivity contribution is 7.99. The van der Waals surface area contributed by atoms with E-state index in [1.54, 1.807) is 0 Å². The van der Waals surface area contributed by atoms with Crippen LogP contribution in [0.2, 0.25) is 0 Å². The third-order valence-electron chi connectivity index (χ3n) is 1.74. The summed E-state index contributed by atoms with van der Waals surface area (Å²) in [6, 6.07) is 0. The van der Waals surface area contributed by atoms with Gasteiger partial charge in [0.2, 0.25) is 0 Å². The van der Waals surface area contributed by atoms with Crippen LogP contribution in [0.15, 0.2) is 0 Å². The van der Waals surface area contributed by atoms with Gasteiger partial charge in [-0.2, -0.15) is 11.8 Å². The molecule has 1 unspecified atom stereocenters. The number of aliphatic hydroxyl groups is 1. The third-order valence-corrected chi connectivity index (χ3v) is 3.02. The fourth-order valence-corrected chi connectivity index (χ4v) is 2.43. The molecule has 1 fully saturated rings. The minimum Gasteiger partial charge on any atom is -0.396 e. The van der Waals surface area contributed by atoms with Gasteiger partial charge in [0, 0.05) is 17.9 Å². The topological polar surface area (TPSA) is 46.2 Å². The highest BCUT2D eigenvalue weighted by atomic mass is 32.2. The van der Waals surface area contributed by atoms with E-state index in [1.807, 2.05) is 11.8 Å². The van der Waals surface area contributed by atoms with Crippen LogP contribution in [0.25, 0.3) is 0 Å². The minimum atomic E-state index is -0.0422. The lowest BCUT2D eigenvalue weighted by Gasteiger charge is -2.20. The Morgan fingerprint density at radius 3 is 2.89 bits per heavy atom. The average molecular weight is 147 g/mol. The van der Waals surface area contributed by atoms with Crippen LogP contribution in [0.3, 0.4) is 0 Å². The predicted octanol–water partition coefficient (Wildman–Crippen LogP) is 0.203. The summed E-state index contributed by atoms with van der Waals surface area (Å²) in [5.41, 5.74) is 5.85. The Hall–Kier alpha value is 0.270. The summed E-state index contributed by atoms with van der Waals surface area (Å²) in [5, 5.41) is 8.60. The second-order valence-corrected chi connectivity index (χ2v) is 3.74. The number of nitrogens with two attached hydrogens (primary N) is 1. The Labute approximate surface area is 59.8 Å². The van der Waals surface area contributed by atoms with E-state index in [2.05, 4.69) is 0 Å². The van der Waals surface area contributed by atoms with E-state index < -0.39 is 0 Å². The van der Waals surface area contributed by atoms with E-state index >= 15 is 0 Å². The number of hydrogen-bond acceptors (Lipinski definition) is 3. The van der Waals surface area contributed by atoms with E-state index in [1.165, 1.54) is 0 Å². The first-order chi connectivity index (χ1) is 4.27. The number of thioether (sulfide) groups is 1. The summed E-state index contributed by atoms with van der Waals surface area (Å²) in [6.45, 7) is 0.233. The molecule has 3 N–H and O–H groups in total. The SMILES string of the molecule is NC1(CCO)CCSC1. The lowest BCUT2D eigenvalue weighted by molar-refractivity contribution is 0.248. The van der Waals surface area contributed by atoms with Gasteiger partial charge >= 0.3 is 0 Å². The monoisotopic (exact) mass is 147 g/mol. The second kappa shape index (κ2) is 2.90. The van der Waals surface area contributed by atoms with Crippen molar-refractivity contribution in [2.24, 2.45) is 5.73 Å². The van der Waals surface area contributed by atoms with Crippen molar-refractivity contribution in [2.75, 3.05) is 18.1 Å². The molecule has 0 aliphatic carbocycles. The Kier molecular flexibility index (Phi) is 2.38. The molecule has 0 aromatic heterocycles. The molecule has 1 saturated heterocycles. The first kappa shape index (κ1) is 7.38. The molecule has 0 bridgehead atoms. The van der Waals surface area contributed by atoms with Crippen molar-refractivity contribution in [3.05, 3.63) is 0 Å². The van der Waals surface area contributed by atoms with Gasteiger partial charge in [0.05, 0.1) is 0 Å². The highest BCUT2D eigenvalue weighted by Crippen LogP contribution is 2.27. The largest absolute Gasteiger partial charge is 0.396 e. The van der Waals surface area contributed by atoms with Crippen LogP contribution in [-0.2, 0) is 0 Å². The van der Waals surface area contributed by atoms with Gasteiger partial charge in [-0.1, -0.05) is 0 Å². The van der Waals surface area contributed by atoms with Crippen LogP contribution in [0.1, 0.15) is 12.8 Å². The molecule has 2 nitrogen and oxygen atoms in total. The van der Waals surface area contributed by atoms with Crippen LogP contribution in [0, 0.1) is 0 Å². The Bertz CT molecular complexity index is 91.1. The highest BCUT2D eigenvalue weighted by Gasteiger charge is 2.28. The molecular weight excluding hydrogens is 134 g/mol. The van der Waals surface area contributed by atoms with Gasteiger partial charge in [-0.3, -0.25) is 0 Å². The summed E-state index contributed by atoms with van der Waals surface area (Å²) in [4.78, 5) is 0. The molecule has 0 aromatic carbocycles. The summed E-state index contributed by atoms with van der Waals surface area (Å²) in [7, 11) is 0. The summed E-state index contributed by atoms with van der Waals surface area (Å²) < 4.78 is 0. The molecule has 0 spiro atoms. The van der Waals surface area contributed by atoms with Gasteiger partial charge in [-0.05, 0) is 18.6 Å². The van der Waals surface area contributed by atoms with Crippen molar-refractivity contribution < 1.29 is 5.11 Å².